The van der Waals surface area contributed by atoms with E-state index >= 15 is 0 Å². The summed E-state index contributed by atoms with van der Waals surface area (Å²) in [7, 11) is 3.10. The van der Waals surface area contributed by atoms with E-state index in [1.54, 1.807) is 64.5 Å². The number of rotatable bonds is 11. The monoisotopic (exact) mass is 578 g/mol. The van der Waals surface area contributed by atoms with Gasteiger partial charge in [0.25, 0.3) is 5.56 Å². The minimum atomic E-state index is -0.779. The van der Waals surface area contributed by atoms with Crippen LogP contribution in [0.4, 0.5) is 0 Å². The SMILES string of the molecule is C=CCOc1ccc(/C=c2\sc3n(c2=O)[C@H](c2ccc(OC(C)C)c(OC)c2)C(C(=O)OCC)=C(C)N=3)cc1OC. The van der Waals surface area contributed by atoms with Gasteiger partial charge in [-0.1, -0.05) is 36.1 Å². The van der Waals surface area contributed by atoms with Gasteiger partial charge in [-0.3, -0.25) is 9.36 Å². The molecule has 0 bridgehead atoms. The molecule has 41 heavy (non-hydrogen) atoms. The Bertz CT molecular complexity index is 1670. The van der Waals surface area contributed by atoms with Gasteiger partial charge in [0.1, 0.15) is 6.61 Å². The van der Waals surface area contributed by atoms with Crippen molar-refractivity contribution in [1.82, 2.24) is 4.57 Å². The van der Waals surface area contributed by atoms with Crippen LogP contribution in [-0.4, -0.2) is 44.1 Å². The molecule has 10 heteroatoms. The number of benzene rings is 2. The lowest BCUT2D eigenvalue weighted by molar-refractivity contribution is -0.139. The van der Waals surface area contributed by atoms with Gasteiger partial charge >= 0.3 is 5.97 Å². The van der Waals surface area contributed by atoms with E-state index in [9.17, 15) is 9.59 Å². The highest BCUT2D eigenvalue weighted by molar-refractivity contribution is 7.07. The van der Waals surface area contributed by atoms with Crippen molar-refractivity contribution in [1.29, 1.82) is 0 Å². The maximum Gasteiger partial charge on any atom is 0.338 e. The highest BCUT2D eigenvalue weighted by Crippen LogP contribution is 2.36. The Balaban J connectivity index is 1.89. The number of hydrogen-bond acceptors (Lipinski definition) is 9. The van der Waals surface area contributed by atoms with Gasteiger partial charge in [-0.2, -0.15) is 0 Å². The van der Waals surface area contributed by atoms with Crippen LogP contribution in [0.5, 0.6) is 23.0 Å². The van der Waals surface area contributed by atoms with Crippen LogP contribution in [0.25, 0.3) is 6.08 Å². The first-order valence-electron chi connectivity index (χ1n) is 13.2. The average molecular weight is 579 g/mol. The predicted molar refractivity (Wildman–Crippen MR) is 158 cm³/mol. The molecule has 0 amide bonds. The lowest BCUT2D eigenvalue weighted by Crippen LogP contribution is -2.40. The van der Waals surface area contributed by atoms with Crippen LogP contribution in [0.1, 0.15) is 44.9 Å². The molecule has 0 unspecified atom stereocenters. The zero-order valence-corrected chi connectivity index (χ0v) is 24.9. The Hall–Kier alpha value is -4.31. The maximum atomic E-state index is 13.9. The van der Waals surface area contributed by atoms with Crippen LogP contribution in [0.15, 0.2) is 70.1 Å². The second kappa shape index (κ2) is 12.9. The number of carbonyl (C=O) groups is 1. The van der Waals surface area contributed by atoms with Gasteiger partial charge in [0.2, 0.25) is 0 Å². The summed E-state index contributed by atoms with van der Waals surface area (Å²) < 4.78 is 30.0. The zero-order valence-electron chi connectivity index (χ0n) is 24.1. The average Bonchev–Trinajstić information content (AvgIpc) is 3.25. The van der Waals surface area contributed by atoms with Crippen LogP contribution in [0.2, 0.25) is 0 Å². The quantitative estimate of drug-likeness (QED) is 0.249. The van der Waals surface area contributed by atoms with Gasteiger partial charge in [0.05, 0.1) is 48.8 Å². The topological polar surface area (TPSA) is 97.6 Å². The summed E-state index contributed by atoms with van der Waals surface area (Å²) in [4.78, 5) is 32.3. The molecule has 3 aromatic rings. The second-order valence-electron chi connectivity index (χ2n) is 9.39. The van der Waals surface area contributed by atoms with Crippen molar-refractivity contribution in [3.63, 3.8) is 0 Å². The Morgan fingerprint density at radius 2 is 1.80 bits per heavy atom. The van der Waals surface area contributed by atoms with Crippen LogP contribution < -0.4 is 33.8 Å². The number of thiazole rings is 1. The summed E-state index contributed by atoms with van der Waals surface area (Å²) in [6, 6.07) is 10.0. The van der Waals surface area contributed by atoms with Gasteiger partial charge < -0.3 is 23.7 Å². The lowest BCUT2D eigenvalue weighted by Gasteiger charge is -2.25. The van der Waals surface area contributed by atoms with Crippen LogP contribution in [0, 0.1) is 0 Å². The van der Waals surface area contributed by atoms with Gasteiger partial charge in [-0.15, -0.1) is 0 Å². The van der Waals surface area contributed by atoms with Gasteiger partial charge in [-0.05, 0) is 69.2 Å². The molecule has 0 aliphatic carbocycles. The zero-order chi connectivity index (χ0) is 29.7. The summed E-state index contributed by atoms with van der Waals surface area (Å²) in [5, 5.41) is 0. The molecule has 4 rings (SSSR count). The molecule has 0 spiro atoms. The molecular weight excluding hydrogens is 544 g/mol. The number of fused-ring (bicyclic) bond motifs is 1. The first kappa shape index (κ1) is 29.7. The summed E-state index contributed by atoms with van der Waals surface area (Å²) in [5.41, 5.74) is 1.88. The number of ether oxygens (including phenoxy) is 5. The molecule has 0 radical (unpaired) electrons. The van der Waals surface area contributed by atoms with E-state index in [0.29, 0.717) is 50.2 Å². The third-order valence-corrected chi connectivity index (χ3v) is 7.21. The van der Waals surface area contributed by atoms with Crippen molar-refractivity contribution in [2.45, 2.75) is 39.8 Å². The van der Waals surface area contributed by atoms with Crippen LogP contribution in [0.3, 0.4) is 0 Å². The summed E-state index contributed by atoms with van der Waals surface area (Å²) in [6.07, 6.45) is 3.35. The number of esters is 1. The van der Waals surface area contributed by atoms with Gasteiger partial charge in [0, 0.05) is 0 Å². The van der Waals surface area contributed by atoms with E-state index in [1.165, 1.54) is 15.9 Å². The molecule has 1 aromatic heterocycles. The maximum absolute atomic E-state index is 13.9. The molecule has 0 saturated heterocycles. The number of nitrogens with zero attached hydrogens (tertiary/aromatic N) is 2. The molecule has 2 aromatic carbocycles. The standard InChI is InChI=1S/C31H34N2O7S/c1-8-14-39-22-12-10-20(15-24(22)36-6)16-26-29(34)33-28(21-11-13-23(40-18(3)4)25(17-21)37-7)27(30(35)38-9-2)19(5)32-31(33)41-26/h8,10-13,15-18,28H,1,9,14H2,2-7H3/b26-16-/t28-/m1/s1. The molecule has 216 valence electrons. The molecule has 0 N–H and O–H groups in total. The third kappa shape index (κ3) is 6.22. The van der Waals surface area contributed by atoms with Crippen molar-refractivity contribution in [2.24, 2.45) is 4.99 Å². The minimum absolute atomic E-state index is 0.0640. The molecule has 2 heterocycles. The van der Waals surface area contributed by atoms with E-state index in [1.807, 2.05) is 26.0 Å². The van der Waals surface area contributed by atoms with E-state index in [-0.39, 0.29) is 23.8 Å². The molecule has 0 fully saturated rings. The van der Waals surface area contributed by atoms with Crippen LogP contribution >= 0.6 is 11.3 Å². The van der Waals surface area contributed by atoms with E-state index in [4.69, 9.17) is 23.7 Å². The van der Waals surface area contributed by atoms with Crippen molar-refractivity contribution >= 4 is 23.4 Å². The first-order valence-corrected chi connectivity index (χ1v) is 14.0. The minimum Gasteiger partial charge on any atom is -0.493 e. The molecule has 0 saturated carbocycles. The molecule has 1 aliphatic heterocycles. The Morgan fingerprint density at radius 1 is 1.10 bits per heavy atom. The summed E-state index contributed by atoms with van der Waals surface area (Å²) in [5.74, 6) is 1.62. The number of aromatic nitrogens is 1. The fourth-order valence-corrected chi connectivity index (χ4v) is 5.55. The van der Waals surface area contributed by atoms with Gasteiger partial charge in [0.15, 0.2) is 27.8 Å². The smallest absolute Gasteiger partial charge is 0.338 e. The summed E-state index contributed by atoms with van der Waals surface area (Å²) in [6.45, 7) is 11.5. The number of carbonyl (C=O) groups excluding carboxylic acids is 1. The molecular formula is C31H34N2O7S. The first-order chi connectivity index (χ1) is 19.7. The fourth-order valence-electron chi connectivity index (χ4n) is 4.51. The van der Waals surface area contributed by atoms with Crippen molar-refractivity contribution in [3.05, 3.63) is 91.1 Å². The molecule has 1 aliphatic rings. The Labute approximate surface area is 242 Å². The lowest BCUT2D eigenvalue weighted by atomic mass is 9.95. The van der Waals surface area contributed by atoms with Crippen molar-refractivity contribution in [2.75, 3.05) is 27.4 Å². The number of methoxy groups -OCH3 is 2. The molecule has 9 nitrogen and oxygen atoms in total. The van der Waals surface area contributed by atoms with E-state index in [2.05, 4.69) is 11.6 Å². The van der Waals surface area contributed by atoms with Crippen molar-refractivity contribution in [3.8, 4) is 23.0 Å². The highest BCUT2D eigenvalue weighted by atomic mass is 32.1. The Morgan fingerprint density at radius 3 is 2.46 bits per heavy atom. The van der Waals surface area contributed by atoms with Crippen molar-refractivity contribution < 1.29 is 28.5 Å². The molecule has 1 atom stereocenters. The Kier molecular flexibility index (Phi) is 9.34. The second-order valence-corrected chi connectivity index (χ2v) is 10.4. The van der Waals surface area contributed by atoms with E-state index < -0.39 is 12.0 Å². The van der Waals surface area contributed by atoms with Gasteiger partial charge in [-0.25, -0.2) is 9.79 Å². The van der Waals surface area contributed by atoms with Crippen LogP contribution in [-0.2, 0) is 9.53 Å². The largest absolute Gasteiger partial charge is 0.493 e. The fraction of sp³-hybridized carbons (Fsp3) is 0.323. The normalized spacial score (nSPS) is 14.8. The third-order valence-electron chi connectivity index (χ3n) is 6.23. The predicted octanol–water partition coefficient (Wildman–Crippen LogP) is 4.17. The van der Waals surface area contributed by atoms with E-state index in [0.717, 1.165) is 5.56 Å². The number of hydrogen-bond donors (Lipinski definition) is 0. The number of allylic oxidation sites excluding steroid dienone is 1. The highest BCUT2D eigenvalue weighted by Gasteiger charge is 2.34. The summed E-state index contributed by atoms with van der Waals surface area (Å²) >= 11 is 1.24.